The van der Waals surface area contributed by atoms with Crippen LogP contribution in [0.4, 0.5) is 5.95 Å². The van der Waals surface area contributed by atoms with Crippen LogP contribution in [0.1, 0.15) is 67.0 Å². The normalized spacial score (nSPS) is 16.8. The Morgan fingerprint density at radius 3 is 2.45 bits per heavy atom. The monoisotopic (exact) mass is 568 g/mol. The molecule has 0 saturated heterocycles. The quantitative estimate of drug-likeness (QED) is 0.254. The molecule has 2 aromatic carbocycles. The van der Waals surface area contributed by atoms with Crippen molar-refractivity contribution >= 4 is 22.5 Å². The van der Waals surface area contributed by atoms with E-state index in [4.69, 9.17) is 40.0 Å². The zero-order chi connectivity index (χ0) is 29.6. The predicted molar refractivity (Wildman–Crippen MR) is 160 cm³/mol. The molecular formula is C31H36N8O3. The molecule has 6 rings (SSSR count). The summed E-state index contributed by atoms with van der Waals surface area (Å²) in [4.78, 5) is 19.4. The van der Waals surface area contributed by atoms with Crippen molar-refractivity contribution in [2.24, 2.45) is 5.73 Å². The first kappa shape index (κ1) is 27.6. The summed E-state index contributed by atoms with van der Waals surface area (Å²) in [5.41, 5.74) is 10.8. The van der Waals surface area contributed by atoms with Gasteiger partial charge in [0, 0.05) is 41.6 Å². The van der Waals surface area contributed by atoms with Gasteiger partial charge < -0.3 is 25.3 Å². The van der Waals surface area contributed by atoms with Crippen molar-refractivity contribution in [3.8, 4) is 17.2 Å². The molecular weight excluding hydrogens is 532 g/mol. The molecule has 218 valence electrons. The van der Waals surface area contributed by atoms with E-state index in [9.17, 15) is 0 Å². The lowest BCUT2D eigenvalue weighted by Crippen LogP contribution is -2.32. The molecule has 1 fully saturated rings. The first-order valence-electron chi connectivity index (χ1n) is 14.0. The van der Waals surface area contributed by atoms with E-state index >= 15 is 0 Å². The average molecular weight is 569 g/mol. The second-order valence-corrected chi connectivity index (χ2v) is 11.3. The van der Waals surface area contributed by atoms with Gasteiger partial charge in [-0.2, -0.15) is 4.52 Å². The Morgan fingerprint density at radius 1 is 0.976 bits per heavy atom. The first-order chi connectivity index (χ1) is 20.2. The van der Waals surface area contributed by atoms with Gasteiger partial charge in [-0.25, -0.2) is 9.97 Å². The predicted octanol–water partition coefficient (Wildman–Crippen LogP) is 4.87. The smallest absolute Gasteiger partial charge is 0.226 e. The van der Waals surface area contributed by atoms with Gasteiger partial charge in [-0.1, -0.05) is 6.07 Å². The minimum atomic E-state index is -0.526. The van der Waals surface area contributed by atoms with Gasteiger partial charge >= 0.3 is 0 Å². The summed E-state index contributed by atoms with van der Waals surface area (Å²) in [5, 5.41) is 9.27. The molecule has 3 aromatic heterocycles. The number of para-hydroxylation sites is 1. The summed E-state index contributed by atoms with van der Waals surface area (Å²) >= 11 is 0. The lowest BCUT2D eigenvalue weighted by Gasteiger charge is -2.33. The van der Waals surface area contributed by atoms with Crippen molar-refractivity contribution in [3.63, 3.8) is 0 Å². The fourth-order valence-electron chi connectivity index (χ4n) is 5.64. The molecule has 1 aliphatic rings. The van der Waals surface area contributed by atoms with E-state index in [-0.39, 0.29) is 5.92 Å². The van der Waals surface area contributed by atoms with Gasteiger partial charge in [-0.15, -0.1) is 5.10 Å². The highest BCUT2D eigenvalue weighted by molar-refractivity contribution is 5.96. The van der Waals surface area contributed by atoms with Crippen molar-refractivity contribution in [2.75, 3.05) is 26.6 Å². The Hall–Kier alpha value is -4.51. The van der Waals surface area contributed by atoms with E-state index in [0.29, 0.717) is 24.2 Å². The summed E-state index contributed by atoms with van der Waals surface area (Å²) in [5.74, 6) is 3.99. The summed E-state index contributed by atoms with van der Waals surface area (Å²) in [6, 6.07) is 11.6. The third-order valence-electron chi connectivity index (χ3n) is 7.93. The molecule has 0 unspecified atom stereocenters. The molecule has 0 radical (unpaired) electrons. The van der Waals surface area contributed by atoms with Crippen LogP contribution >= 0.6 is 0 Å². The molecule has 1 aliphatic carbocycles. The summed E-state index contributed by atoms with van der Waals surface area (Å²) in [6.07, 6.45) is 3.67. The summed E-state index contributed by atoms with van der Waals surface area (Å²) < 4.78 is 18.4. The number of aryl methyl sites for hydroxylation is 1. The highest BCUT2D eigenvalue weighted by Crippen LogP contribution is 2.46. The third-order valence-corrected chi connectivity index (χ3v) is 7.93. The molecule has 11 heteroatoms. The number of benzene rings is 2. The van der Waals surface area contributed by atoms with E-state index < -0.39 is 5.54 Å². The Bertz CT molecular complexity index is 1770. The van der Waals surface area contributed by atoms with E-state index in [1.165, 1.54) is 0 Å². The topological polar surface area (TPSA) is 135 Å². The van der Waals surface area contributed by atoms with Crippen LogP contribution in [0, 0.1) is 6.92 Å². The number of anilines is 1. The number of aromatic nitrogens is 6. The molecule has 0 spiro atoms. The second-order valence-electron chi connectivity index (χ2n) is 11.3. The van der Waals surface area contributed by atoms with Crippen molar-refractivity contribution in [1.82, 2.24) is 29.5 Å². The Balaban J connectivity index is 1.31. The van der Waals surface area contributed by atoms with E-state index in [1.54, 1.807) is 25.8 Å². The number of rotatable bonds is 9. The average Bonchev–Trinajstić information content (AvgIpc) is 3.39. The number of nitrogens with two attached hydrogens (primary N) is 1. The van der Waals surface area contributed by atoms with Crippen molar-refractivity contribution in [3.05, 3.63) is 71.1 Å². The third kappa shape index (κ3) is 4.94. The minimum absolute atomic E-state index is 0.206. The fourth-order valence-corrected chi connectivity index (χ4v) is 5.64. The van der Waals surface area contributed by atoms with Gasteiger partial charge in [0.05, 0.1) is 44.0 Å². The number of methoxy groups -OCH3 is 3. The van der Waals surface area contributed by atoms with Crippen LogP contribution in [-0.4, -0.2) is 50.9 Å². The lowest BCUT2D eigenvalue weighted by atomic mass is 9.73. The number of nitrogens with one attached hydrogen (secondary N) is 1. The van der Waals surface area contributed by atoms with Crippen LogP contribution in [0.2, 0.25) is 0 Å². The summed E-state index contributed by atoms with van der Waals surface area (Å²) in [7, 11) is 4.92. The van der Waals surface area contributed by atoms with Crippen molar-refractivity contribution in [1.29, 1.82) is 0 Å². The van der Waals surface area contributed by atoms with Gasteiger partial charge in [0.25, 0.3) is 0 Å². The molecule has 0 aliphatic heterocycles. The molecule has 1 saturated carbocycles. The largest absolute Gasteiger partial charge is 0.497 e. The molecule has 42 heavy (non-hydrogen) atoms. The number of nitrogens with zero attached hydrogens (tertiary/aromatic N) is 6. The van der Waals surface area contributed by atoms with Crippen LogP contribution in [0.15, 0.2) is 42.6 Å². The van der Waals surface area contributed by atoms with Crippen molar-refractivity contribution < 1.29 is 14.2 Å². The maximum atomic E-state index is 6.27. The minimum Gasteiger partial charge on any atom is -0.497 e. The zero-order valence-corrected chi connectivity index (χ0v) is 24.8. The van der Waals surface area contributed by atoms with Crippen LogP contribution in [-0.2, 0) is 12.1 Å². The number of fused-ring (bicyclic) bond motifs is 3. The Morgan fingerprint density at radius 2 is 1.76 bits per heavy atom. The highest BCUT2D eigenvalue weighted by atomic mass is 16.5. The maximum absolute atomic E-state index is 6.27. The highest BCUT2D eigenvalue weighted by Gasteiger charge is 2.36. The molecule has 11 nitrogen and oxygen atoms in total. The number of hydrogen-bond donors (Lipinski definition) is 2. The van der Waals surface area contributed by atoms with Crippen LogP contribution in [0.3, 0.4) is 0 Å². The van der Waals surface area contributed by atoms with Gasteiger partial charge in [-0.3, -0.25) is 9.97 Å². The molecule has 3 N–H and O–H groups in total. The standard InChI is InChI=1S/C31H36N8O3/c1-17-27(31(2,3)32)33-16-23(35-17)19-12-20(13-19)28-37-29-22-8-7-9-24(41-5)26(22)36-30(39(29)38-28)34-15-18-10-11-21(40-4)14-25(18)42-6/h7-11,14,16,19-20H,12-13,15,32H2,1-6H3,(H,34,36)/t19-,20+. The van der Waals surface area contributed by atoms with Gasteiger partial charge in [0.2, 0.25) is 5.95 Å². The van der Waals surface area contributed by atoms with Crippen LogP contribution in [0.25, 0.3) is 16.6 Å². The SMILES string of the molecule is COc1ccc(CNc2nc3c(OC)cccc3c3nc([C@H]4C[C@@H](c5cnc(C(C)(C)N)c(C)n5)C4)nn23)c(OC)c1. The zero-order valence-electron chi connectivity index (χ0n) is 24.8. The molecule has 3 heterocycles. The Kier molecular flexibility index (Phi) is 7.05. The van der Waals surface area contributed by atoms with Crippen LogP contribution in [0.5, 0.6) is 17.2 Å². The number of ether oxygens (including phenoxy) is 3. The van der Waals surface area contributed by atoms with E-state index in [0.717, 1.165) is 69.4 Å². The Labute approximate surface area is 244 Å². The number of hydrogen-bond acceptors (Lipinski definition) is 10. The van der Waals surface area contributed by atoms with Gasteiger partial charge in [0.15, 0.2) is 11.5 Å². The van der Waals surface area contributed by atoms with Gasteiger partial charge in [-0.05, 0) is 57.9 Å². The van der Waals surface area contributed by atoms with E-state index in [2.05, 4.69) is 10.3 Å². The maximum Gasteiger partial charge on any atom is 0.226 e. The first-order valence-corrected chi connectivity index (χ1v) is 14.0. The molecule has 5 aromatic rings. The van der Waals surface area contributed by atoms with Crippen molar-refractivity contribution in [2.45, 2.75) is 57.5 Å². The fraction of sp³-hybridized carbons (Fsp3) is 0.387. The van der Waals surface area contributed by atoms with Crippen LogP contribution < -0.4 is 25.3 Å². The molecule has 0 bridgehead atoms. The van der Waals surface area contributed by atoms with Gasteiger partial charge in [0.1, 0.15) is 22.8 Å². The second kappa shape index (κ2) is 10.7. The molecule has 0 amide bonds. The lowest BCUT2D eigenvalue weighted by molar-refractivity contribution is 0.330. The van der Waals surface area contributed by atoms with E-state index in [1.807, 2.05) is 63.4 Å². The molecule has 0 atom stereocenters. The summed E-state index contributed by atoms with van der Waals surface area (Å²) in [6.45, 7) is 6.33.